The van der Waals surface area contributed by atoms with Gasteiger partial charge in [0, 0.05) is 12.1 Å². The van der Waals surface area contributed by atoms with Crippen molar-refractivity contribution >= 4 is 23.4 Å². The lowest BCUT2D eigenvalue weighted by molar-refractivity contribution is -0.115. The normalized spacial score (nSPS) is 15.5. The molecule has 1 fully saturated rings. The standard InChI is InChI=1S/C19H23N5OS/c1-13(18(25)21-16-8-4-7-15(11-16)12-20)26-19-22-17(23-24-19)10-9-14-5-2-3-6-14/h4,7-8,11,13-14H,2-3,5-6,9-10H2,1H3,(H,21,25)(H,22,23,24)/t13-/m0/s1. The van der Waals surface area contributed by atoms with E-state index in [1.54, 1.807) is 24.3 Å². The Hall–Kier alpha value is -2.33. The molecule has 1 aliphatic carbocycles. The molecule has 0 saturated heterocycles. The highest BCUT2D eigenvalue weighted by molar-refractivity contribution is 8.00. The van der Waals surface area contributed by atoms with Gasteiger partial charge in [-0.2, -0.15) is 5.26 Å². The van der Waals surface area contributed by atoms with Crippen LogP contribution >= 0.6 is 11.8 Å². The Morgan fingerprint density at radius 2 is 2.27 bits per heavy atom. The number of H-pyrrole nitrogens is 1. The van der Waals surface area contributed by atoms with Gasteiger partial charge < -0.3 is 5.32 Å². The molecule has 2 aromatic rings. The first-order chi connectivity index (χ1) is 12.6. The van der Waals surface area contributed by atoms with E-state index in [2.05, 4.69) is 26.6 Å². The van der Waals surface area contributed by atoms with Crippen molar-refractivity contribution in [2.24, 2.45) is 5.92 Å². The predicted molar refractivity (Wildman–Crippen MR) is 102 cm³/mol. The molecule has 6 nitrogen and oxygen atoms in total. The molecule has 0 unspecified atom stereocenters. The van der Waals surface area contributed by atoms with Gasteiger partial charge in [0.2, 0.25) is 11.1 Å². The van der Waals surface area contributed by atoms with Crippen LogP contribution in [0.3, 0.4) is 0 Å². The van der Waals surface area contributed by atoms with Gasteiger partial charge in [0.15, 0.2) is 0 Å². The Bertz CT molecular complexity index is 791. The average molecular weight is 369 g/mol. The van der Waals surface area contributed by atoms with Gasteiger partial charge in [-0.15, -0.1) is 5.10 Å². The van der Waals surface area contributed by atoms with Gasteiger partial charge in [-0.1, -0.05) is 43.5 Å². The van der Waals surface area contributed by atoms with Crippen LogP contribution in [-0.2, 0) is 11.2 Å². The van der Waals surface area contributed by atoms with E-state index in [1.807, 2.05) is 6.92 Å². The van der Waals surface area contributed by atoms with Crippen molar-refractivity contribution in [1.29, 1.82) is 5.26 Å². The van der Waals surface area contributed by atoms with Gasteiger partial charge in [0.25, 0.3) is 0 Å². The molecule has 7 heteroatoms. The Morgan fingerprint density at radius 3 is 3.04 bits per heavy atom. The van der Waals surface area contributed by atoms with E-state index in [0.717, 1.165) is 24.6 Å². The number of benzene rings is 1. The number of aromatic nitrogens is 3. The lowest BCUT2D eigenvalue weighted by Gasteiger charge is -2.10. The first kappa shape index (κ1) is 18.5. The third-order valence-corrected chi connectivity index (χ3v) is 5.65. The van der Waals surface area contributed by atoms with Crippen LogP contribution in [0.1, 0.15) is 50.4 Å². The maximum atomic E-state index is 12.3. The third-order valence-electron chi connectivity index (χ3n) is 4.69. The second-order valence-corrected chi connectivity index (χ2v) is 8.00. The monoisotopic (exact) mass is 369 g/mol. The number of nitrogens with zero attached hydrogens (tertiary/aromatic N) is 3. The maximum absolute atomic E-state index is 12.3. The van der Waals surface area contributed by atoms with E-state index in [9.17, 15) is 4.79 Å². The van der Waals surface area contributed by atoms with Crippen LogP contribution in [0.5, 0.6) is 0 Å². The molecule has 0 aliphatic heterocycles. The number of thioether (sulfide) groups is 1. The average Bonchev–Trinajstić information content (AvgIpc) is 3.31. The Kier molecular flexibility index (Phi) is 6.29. The van der Waals surface area contributed by atoms with Crippen LogP contribution in [0.25, 0.3) is 0 Å². The number of aryl methyl sites for hydroxylation is 1. The molecule has 0 spiro atoms. The number of nitriles is 1. The first-order valence-corrected chi connectivity index (χ1v) is 9.91. The lowest BCUT2D eigenvalue weighted by Crippen LogP contribution is -2.22. The van der Waals surface area contributed by atoms with Crippen molar-refractivity contribution in [1.82, 2.24) is 15.2 Å². The minimum atomic E-state index is -0.334. The summed E-state index contributed by atoms with van der Waals surface area (Å²) >= 11 is 1.33. The van der Waals surface area contributed by atoms with Gasteiger partial charge in [0.1, 0.15) is 5.82 Å². The van der Waals surface area contributed by atoms with Crippen LogP contribution in [0.15, 0.2) is 29.4 Å². The summed E-state index contributed by atoms with van der Waals surface area (Å²) < 4.78 is 0. The SMILES string of the molecule is C[C@H](Sc1n[nH]c(CCC2CCCC2)n1)C(=O)Nc1cccc(C#N)c1. The van der Waals surface area contributed by atoms with E-state index < -0.39 is 0 Å². The largest absolute Gasteiger partial charge is 0.325 e. The molecule has 1 aromatic heterocycles. The van der Waals surface area contributed by atoms with E-state index >= 15 is 0 Å². The van der Waals surface area contributed by atoms with Crippen LogP contribution in [0.4, 0.5) is 5.69 Å². The summed E-state index contributed by atoms with van der Waals surface area (Å²) in [6.07, 6.45) is 7.45. The number of aromatic amines is 1. The fourth-order valence-electron chi connectivity index (χ4n) is 3.20. The fraction of sp³-hybridized carbons (Fsp3) is 0.474. The number of hydrogen-bond donors (Lipinski definition) is 2. The smallest absolute Gasteiger partial charge is 0.237 e. The summed E-state index contributed by atoms with van der Waals surface area (Å²) in [6, 6.07) is 8.94. The number of carbonyl (C=O) groups excluding carboxylic acids is 1. The van der Waals surface area contributed by atoms with Gasteiger partial charge in [-0.25, -0.2) is 4.98 Å². The molecule has 26 heavy (non-hydrogen) atoms. The Balaban J connectivity index is 1.49. The zero-order chi connectivity index (χ0) is 18.4. The lowest BCUT2D eigenvalue weighted by atomic mass is 10.0. The van der Waals surface area contributed by atoms with Gasteiger partial charge in [-0.05, 0) is 37.5 Å². The van der Waals surface area contributed by atoms with Crippen LogP contribution < -0.4 is 5.32 Å². The van der Waals surface area contributed by atoms with E-state index in [-0.39, 0.29) is 11.2 Å². The molecule has 1 amide bonds. The highest BCUT2D eigenvalue weighted by Gasteiger charge is 2.19. The third kappa shape index (κ3) is 5.09. The van der Waals surface area contributed by atoms with E-state index in [0.29, 0.717) is 16.4 Å². The molecular formula is C19H23N5OS. The Labute approximate surface area is 157 Å². The topological polar surface area (TPSA) is 94.5 Å². The summed E-state index contributed by atoms with van der Waals surface area (Å²) in [7, 11) is 0. The minimum absolute atomic E-state index is 0.137. The molecule has 1 heterocycles. The quantitative estimate of drug-likeness (QED) is 0.721. The first-order valence-electron chi connectivity index (χ1n) is 9.03. The van der Waals surface area contributed by atoms with E-state index in [4.69, 9.17) is 5.26 Å². The zero-order valence-corrected chi connectivity index (χ0v) is 15.7. The number of amides is 1. The summed E-state index contributed by atoms with van der Waals surface area (Å²) in [6.45, 7) is 1.82. The number of hydrogen-bond acceptors (Lipinski definition) is 5. The van der Waals surface area contributed by atoms with Crippen molar-refractivity contribution in [3.05, 3.63) is 35.7 Å². The van der Waals surface area contributed by atoms with Crippen molar-refractivity contribution in [3.63, 3.8) is 0 Å². The van der Waals surface area contributed by atoms with Gasteiger partial charge in [-0.3, -0.25) is 9.89 Å². The number of carbonyl (C=O) groups is 1. The van der Waals surface area contributed by atoms with Crippen LogP contribution in [0, 0.1) is 17.2 Å². The zero-order valence-electron chi connectivity index (χ0n) is 14.9. The molecule has 1 saturated carbocycles. The molecular weight excluding hydrogens is 346 g/mol. The molecule has 3 rings (SSSR count). The van der Waals surface area contributed by atoms with Crippen molar-refractivity contribution in [3.8, 4) is 6.07 Å². The molecule has 2 N–H and O–H groups in total. The maximum Gasteiger partial charge on any atom is 0.237 e. The number of anilines is 1. The van der Waals surface area contributed by atoms with Crippen molar-refractivity contribution in [2.45, 2.75) is 55.9 Å². The van der Waals surface area contributed by atoms with E-state index in [1.165, 1.54) is 37.4 Å². The summed E-state index contributed by atoms with van der Waals surface area (Å²) in [5.41, 5.74) is 1.14. The molecule has 1 atom stereocenters. The van der Waals surface area contributed by atoms with Crippen LogP contribution in [0.2, 0.25) is 0 Å². The fourth-order valence-corrected chi connectivity index (χ4v) is 3.95. The van der Waals surface area contributed by atoms with Crippen molar-refractivity contribution < 1.29 is 4.79 Å². The highest BCUT2D eigenvalue weighted by atomic mass is 32.2. The molecule has 1 aliphatic rings. The molecule has 0 radical (unpaired) electrons. The second kappa shape index (κ2) is 8.86. The van der Waals surface area contributed by atoms with Crippen molar-refractivity contribution in [2.75, 3.05) is 5.32 Å². The van der Waals surface area contributed by atoms with Gasteiger partial charge in [0.05, 0.1) is 16.9 Å². The summed E-state index contributed by atoms with van der Waals surface area (Å²) in [5.74, 6) is 1.58. The number of nitrogens with one attached hydrogen (secondary N) is 2. The Morgan fingerprint density at radius 1 is 1.46 bits per heavy atom. The molecule has 1 aromatic carbocycles. The summed E-state index contributed by atoms with van der Waals surface area (Å²) in [5, 5.41) is 19.2. The predicted octanol–water partition coefficient (Wildman–Crippen LogP) is 3.92. The highest BCUT2D eigenvalue weighted by Crippen LogP contribution is 2.28. The summed E-state index contributed by atoms with van der Waals surface area (Å²) in [4.78, 5) is 16.8. The number of rotatable bonds is 7. The molecule has 136 valence electrons. The van der Waals surface area contributed by atoms with Gasteiger partial charge >= 0.3 is 0 Å². The minimum Gasteiger partial charge on any atom is -0.325 e. The molecule has 0 bridgehead atoms. The second-order valence-electron chi connectivity index (χ2n) is 6.70. The van der Waals surface area contributed by atoms with Crippen LogP contribution in [-0.4, -0.2) is 26.3 Å².